The van der Waals surface area contributed by atoms with Crippen LogP contribution in [0.4, 0.5) is 5.69 Å². The second kappa shape index (κ2) is 6.81. The summed E-state index contributed by atoms with van der Waals surface area (Å²) in [6.45, 7) is 0. The second-order valence-corrected chi connectivity index (χ2v) is 6.36. The number of aliphatic carboxylic acids is 1. The lowest BCUT2D eigenvalue weighted by Gasteiger charge is -2.29. The number of hydrogen-bond acceptors (Lipinski definition) is 6. The number of methoxy groups -OCH3 is 1. The second-order valence-electron chi connectivity index (χ2n) is 5.59. The van der Waals surface area contributed by atoms with Crippen molar-refractivity contribution in [1.82, 2.24) is 14.8 Å². The van der Waals surface area contributed by atoms with Crippen molar-refractivity contribution in [1.29, 1.82) is 0 Å². The van der Waals surface area contributed by atoms with Crippen molar-refractivity contribution in [3.8, 4) is 5.69 Å². The topological polar surface area (TPSA) is 103 Å². The molecule has 3 rings (SSSR count). The summed E-state index contributed by atoms with van der Waals surface area (Å²) in [5, 5.41) is 15.0. The number of anilines is 1. The van der Waals surface area contributed by atoms with Crippen molar-refractivity contribution in [2.75, 3.05) is 12.0 Å². The van der Waals surface area contributed by atoms with E-state index in [-0.39, 0.29) is 0 Å². The van der Waals surface area contributed by atoms with Crippen molar-refractivity contribution >= 4 is 42.1 Å². The Balaban J connectivity index is 1.99. The van der Waals surface area contributed by atoms with E-state index in [0.29, 0.717) is 28.1 Å². The van der Waals surface area contributed by atoms with Crippen LogP contribution in [0.15, 0.2) is 24.3 Å². The lowest BCUT2D eigenvalue weighted by atomic mass is 10.2. The van der Waals surface area contributed by atoms with Gasteiger partial charge in [-0.15, -0.1) is 0 Å². The molecule has 0 spiro atoms. The molecule has 0 bridgehead atoms. The first-order chi connectivity index (χ1) is 11.9. The third kappa shape index (κ3) is 3.10. The summed E-state index contributed by atoms with van der Waals surface area (Å²) in [6.07, 6.45) is 0.810. The first-order valence-electron chi connectivity index (χ1n) is 7.53. The van der Waals surface area contributed by atoms with Crippen LogP contribution in [0.1, 0.15) is 12.8 Å². The Kier molecular flexibility index (Phi) is 4.73. The van der Waals surface area contributed by atoms with E-state index >= 15 is 0 Å². The quantitative estimate of drug-likeness (QED) is 0.552. The Morgan fingerprint density at radius 1 is 1.08 bits per heavy atom. The van der Waals surface area contributed by atoms with E-state index < -0.39 is 24.0 Å². The minimum absolute atomic E-state index is 0.380. The minimum atomic E-state index is -0.967. The maximum atomic E-state index is 12.0. The molecule has 3 N–H and O–H groups in total. The van der Waals surface area contributed by atoms with Crippen molar-refractivity contribution in [3.63, 3.8) is 0 Å². The number of carbonyl (C=O) groups excluding carboxylic acids is 1. The van der Waals surface area contributed by atoms with Crippen LogP contribution in [-0.4, -0.2) is 51.0 Å². The molecule has 0 aliphatic carbocycles. The maximum Gasteiger partial charge on any atom is 0.328 e. The molecular weight excluding hydrogens is 364 g/mol. The molecule has 1 aliphatic rings. The van der Waals surface area contributed by atoms with Crippen molar-refractivity contribution in [2.24, 2.45) is 0 Å². The third-order valence-electron chi connectivity index (χ3n) is 4.23. The molecule has 2 aromatic rings. The van der Waals surface area contributed by atoms with Gasteiger partial charge in [-0.1, -0.05) is 0 Å². The summed E-state index contributed by atoms with van der Waals surface area (Å²) in [5.41, 5.74) is 1.36. The van der Waals surface area contributed by atoms with Gasteiger partial charge in [0.15, 0.2) is 9.54 Å². The average Bonchev–Trinajstić information content (AvgIpc) is 3.18. The van der Waals surface area contributed by atoms with Gasteiger partial charge in [-0.3, -0.25) is 14.8 Å². The minimum Gasteiger partial charge on any atom is -0.480 e. The molecule has 2 heterocycles. The fourth-order valence-electron chi connectivity index (χ4n) is 3.10. The van der Waals surface area contributed by atoms with Gasteiger partial charge in [-0.05, 0) is 61.5 Å². The lowest BCUT2D eigenvalue weighted by Crippen LogP contribution is -2.44. The summed E-state index contributed by atoms with van der Waals surface area (Å²) >= 11 is 10.4. The highest BCUT2D eigenvalue weighted by Gasteiger charge is 2.42. The number of aromatic nitrogens is 3. The van der Waals surface area contributed by atoms with Gasteiger partial charge in [-0.2, -0.15) is 0 Å². The Morgan fingerprint density at radius 2 is 1.60 bits per heavy atom. The molecule has 0 amide bonds. The smallest absolute Gasteiger partial charge is 0.328 e. The van der Waals surface area contributed by atoms with Crippen molar-refractivity contribution < 1.29 is 19.4 Å². The predicted octanol–water partition coefficient (Wildman–Crippen LogP) is 2.19. The van der Waals surface area contributed by atoms with Gasteiger partial charge in [0.2, 0.25) is 0 Å². The van der Waals surface area contributed by atoms with Gasteiger partial charge in [0.05, 0.1) is 12.8 Å². The molecule has 1 aromatic carbocycles. The van der Waals surface area contributed by atoms with E-state index in [1.165, 1.54) is 7.11 Å². The lowest BCUT2D eigenvalue weighted by molar-refractivity contribution is -0.142. The number of carboxylic acids is 1. The third-order valence-corrected chi connectivity index (χ3v) is 4.80. The molecule has 0 saturated carbocycles. The predicted molar refractivity (Wildman–Crippen MR) is 95.1 cm³/mol. The Morgan fingerprint density at radius 3 is 2.12 bits per heavy atom. The molecule has 2 atom stereocenters. The summed E-state index contributed by atoms with van der Waals surface area (Å²) in [5.74, 6) is -1.41. The molecular formula is C15H16N4O4S2. The largest absolute Gasteiger partial charge is 0.480 e. The monoisotopic (exact) mass is 380 g/mol. The van der Waals surface area contributed by atoms with Crippen LogP contribution < -0.4 is 4.90 Å². The zero-order valence-corrected chi connectivity index (χ0v) is 14.9. The Labute approximate surface area is 153 Å². The summed E-state index contributed by atoms with van der Waals surface area (Å²) in [4.78, 5) is 25.2. The first kappa shape index (κ1) is 17.4. The van der Waals surface area contributed by atoms with Crippen molar-refractivity contribution in [2.45, 2.75) is 24.9 Å². The molecule has 8 nitrogen and oxygen atoms in total. The SMILES string of the molecule is COC(=O)C1CCC(C(=O)O)N1c1ccc(-n2c(=S)[nH][nH]c2=S)cc1. The number of esters is 1. The number of ether oxygens (including phenoxy) is 1. The molecule has 132 valence electrons. The first-order valence-corrected chi connectivity index (χ1v) is 8.35. The standard InChI is InChI=1S/C15H16N4O4S2/c1-23-13(22)11-7-6-10(12(20)21)18(11)8-2-4-9(5-3-8)19-14(24)16-17-15(19)25/h2-5,10-11H,6-7H2,1H3,(H,16,24)(H,17,25)(H,20,21). The zero-order chi connectivity index (χ0) is 18.1. The molecule has 1 saturated heterocycles. The number of nitrogens with one attached hydrogen (secondary N) is 2. The normalized spacial score (nSPS) is 19.8. The summed E-state index contributed by atoms with van der Waals surface area (Å²) in [7, 11) is 1.30. The number of carboxylic acid groups (broad SMARTS) is 1. The fraction of sp³-hybridized carbons (Fsp3) is 0.333. The Hall–Kier alpha value is -2.46. The highest BCUT2D eigenvalue weighted by molar-refractivity contribution is 7.72. The zero-order valence-electron chi connectivity index (χ0n) is 13.3. The number of H-pyrrole nitrogens is 2. The fourth-order valence-corrected chi connectivity index (χ4v) is 3.65. The highest BCUT2D eigenvalue weighted by atomic mass is 32.1. The Bertz CT molecular complexity index is 887. The molecule has 0 radical (unpaired) electrons. The van der Waals surface area contributed by atoms with Crippen LogP contribution in [-0.2, 0) is 14.3 Å². The van der Waals surface area contributed by atoms with Gasteiger partial charge >= 0.3 is 11.9 Å². The van der Waals surface area contributed by atoms with Gasteiger partial charge in [0, 0.05) is 5.69 Å². The number of nitrogens with zero attached hydrogens (tertiary/aromatic N) is 2. The van der Waals surface area contributed by atoms with Crippen LogP contribution in [0.25, 0.3) is 5.69 Å². The van der Waals surface area contributed by atoms with E-state index in [1.54, 1.807) is 33.7 Å². The van der Waals surface area contributed by atoms with E-state index in [4.69, 9.17) is 29.2 Å². The number of carbonyl (C=O) groups is 2. The van der Waals surface area contributed by atoms with E-state index in [0.717, 1.165) is 5.69 Å². The number of benzene rings is 1. The van der Waals surface area contributed by atoms with Crippen LogP contribution in [0.3, 0.4) is 0 Å². The number of aromatic amines is 2. The van der Waals surface area contributed by atoms with E-state index in [2.05, 4.69) is 10.2 Å². The maximum absolute atomic E-state index is 12.0. The van der Waals surface area contributed by atoms with Gasteiger partial charge in [-0.25, -0.2) is 9.59 Å². The van der Waals surface area contributed by atoms with Crippen LogP contribution in [0.5, 0.6) is 0 Å². The average molecular weight is 380 g/mol. The molecule has 1 aliphatic heterocycles. The number of rotatable bonds is 4. The summed E-state index contributed by atoms with van der Waals surface area (Å²) in [6, 6.07) is 5.65. The van der Waals surface area contributed by atoms with E-state index in [9.17, 15) is 14.7 Å². The van der Waals surface area contributed by atoms with Gasteiger partial charge in [0.1, 0.15) is 12.1 Å². The summed E-state index contributed by atoms with van der Waals surface area (Å²) < 4.78 is 7.31. The van der Waals surface area contributed by atoms with Gasteiger partial charge in [0.25, 0.3) is 0 Å². The molecule has 10 heteroatoms. The van der Waals surface area contributed by atoms with Crippen LogP contribution >= 0.6 is 24.4 Å². The highest BCUT2D eigenvalue weighted by Crippen LogP contribution is 2.32. The number of hydrogen-bond donors (Lipinski definition) is 3. The van der Waals surface area contributed by atoms with Crippen LogP contribution in [0.2, 0.25) is 0 Å². The van der Waals surface area contributed by atoms with Gasteiger partial charge < -0.3 is 14.7 Å². The molecule has 1 aromatic heterocycles. The van der Waals surface area contributed by atoms with Crippen LogP contribution in [0, 0.1) is 9.54 Å². The molecule has 25 heavy (non-hydrogen) atoms. The molecule has 1 fully saturated rings. The van der Waals surface area contributed by atoms with E-state index in [1.807, 2.05) is 0 Å². The van der Waals surface area contributed by atoms with Crippen molar-refractivity contribution in [3.05, 3.63) is 33.8 Å². The molecule has 2 unspecified atom stereocenters.